The number of rotatable bonds is 2. The number of nitrogens with zero attached hydrogens (tertiary/aromatic N) is 1. The Balaban J connectivity index is 1.44. The minimum Gasteiger partial charge on any atom is -0.504 e. The molecule has 2 heterocycles. The number of aliphatic hydroxyl groups is 1. The number of phenols is 1. The van der Waals surface area contributed by atoms with Gasteiger partial charge in [-0.15, -0.1) is 0 Å². The second-order valence-corrected chi connectivity index (χ2v) is 10.7. The number of hydrogen-bond donors (Lipinski definition) is 3. The number of likely N-dealkylation sites (N-methyl/N-ethyl adjacent to an activating group) is 1. The molecule has 1 amide bonds. The molecule has 2 aromatic carbocycles. The van der Waals surface area contributed by atoms with Crippen molar-refractivity contribution in [3.8, 4) is 11.5 Å². The first kappa shape index (κ1) is 19.8. The molecule has 5 atom stereocenters. The van der Waals surface area contributed by atoms with Crippen molar-refractivity contribution in [1.82, 2.24) is 10.2 Å². The van der Waals surface area contributed by atoms with Crippen LogP contribution in [-0.4, -0.2) is 58.4 Å². The molecule has 6 nitrogen and oxygen atoms in total. The molecule has 2 bridgehead atoms. The average Bonchev–Trinajstić information content (AvgIpc) is 3.10. The molecule has 1 saturated heterocycles. The largest absolute Gasteiger partial charge is 0.504 e. The lowest BCUT2D eigenvalue weighted by Gasteiger charge is -2.63. The molecule has 2 fully saturated rings. The van der Waals surface area contributed by atoms with E-state index in [1.807, 2.05) is 30.3 Å². The Morgan fingerprint density at radius 1 is 1.29 bits per heavy atom. The molecule has 0 unspecified atom stereocenters. The van der Waals surface area contributed by atoms with E-state index < -0.39 is 17.1 Å². The Labute approximate surface area is 194 Å². The Morgan fingerprint density at radius 3 is 2.94 bits per heavy atom. The number of phenolic OH excluding ortho intramolecular Hbond substituents is 1. The summed E-state index contributed by atoms with van der Waals surface area (Å²) in [6.07, 6.45) is 2.30. The van der Waals surface area contributed by atoms with Gasteiger partial charge in [-0.1, -0.05) is 12.1 Å². The number of hydrogen-bond acceptors (Lipinski definition) is 5. The third-order valence-electron chi connectivity index (χ3n) is 8.13. The molecule has 0 radical (unpaired) electrons. The van der Waals surface area contributed by atoms with Crippen LogP contribution in [0, 0.1) is 3.57 Å². The zero-order valence-electron chi connectivity index (χ0n) is 17.3. The molecular weight excluding hydrogens is 507 g/mol. The molecular formula is C24H25IN2O4. The third kappa shape index (κ3) is 2.48. The van der Waals surface area contributed by atoms with Crippen LogP contribution in [0.4, 0.5) is 0 Å². The number of nitrogens with one attached hydrogen (secondary N) is 1. The van der Waals surface area contributed by atoms with E-state index in [1.165, 1.54) is 0 Å². The number of carbonyl (C=O) groups excluding carboxylic acids is 1. The lowest BCUT2D eigenvalue weighted by Crippen LogP contribution is -2.77. The van der Waals surface area contributed by atoms with Crippen LogP contribution in [0.15, 0.2) is 36.4 Å². The van der Waals surface area contributed by atoms with Gasteiger partial charge in [0, 0.05) is 20.7 Å². The number of ether oxygens (including phenoxy) is 1. The molecule has 6 rings (SSSR count). The van der Waals surface area contributed by atoms with Crippen molar-refractivity contribution in [2.24, 2.45) is 0 Å². The molecule has 31 heavy (non-hydrogen) atoms. The normalized spacial score (nSPS) is 35.3. The minimum absolute atomic E-state index is 0.00250. The zero-order chi connectivity index (χ0) is 21.5. The van der Waals surface area contributed by atoms with Crippen LogP contribution in [0.3, 0.4) is 0 Å². The SMILES string of the molecule is CN1CC[C@]23c4c5ccc(O)c4O[C@H]2[C@H](NC(=O)c2cccc(I)c2)CC[C@@]3(O)[C@H]1C5. The summed E-state index contributed by atoms with van der Waals surface area (Å²) in [4.78, 5) is 15.3. The molecule has 4 aliphatic rings. The summed E-state index contributed by atoms with van der Waals surface area (Å²) in [7, 11) is 2.08. The van der Waals surface area contributed by atoms with Crippen LogP contribution in [0.1, 0.15) is 40.7 Å². The first-order valence-corrected chi connectivity index (χ1v) is 11.9. The van der Waals surface area contributed by atoms with Crippen LogP contribution in [0.5, 0.6) is 11.5 Å². The first-order chi connectivity index (χ1) is 14.8. The summed E-state index contributed by atoms with van der Waals surface area (Å²) < 4.78 is 7.44. The van der Waals surface area contributed by atoms with Crippen molar-refractivity contribution in [1.29, 1.82) is 0 Å². The Bertz CT molecular complexity index is 1110. The van der Waals surface area contributed by atoms with E-state index in [4.69, 9.17) is 4.74 Å². The lowest BCUT2D eigenvalue weighted by atomic mass is 9.48. The fraction of sp³-hybridized carbons (Fsp3) is 0.458. The summed E-state index contributed by atoms with van der Waals surface area (Å²) in [5, 5.41) is 26.0. The second-order valence-electron chi connectivity index (χ2n) is 9.46. The highest BCUT2D eigenvalue weighted by Gasteiger charge is 2.72. The maximum atomic E-state index is 13.1. The smallest absolute Gasteiger partial charge is 0.251 e. The summed E-state index contributed by atoms with van der Waals surface area (Å²) in [5.74, 6) is 0.485. The molecule has 3 N–H and O–H groups in total. The molecule has 7 heteroatoms. The third-order valence-corrected chi connectivity index (χ3v) is 8.80. The van der Waals surface area contributed by atoms with Crippen molar-refractivity contribution in [2.45, 2.75) is 54.9 Å². The van der Waals surface area contributed by atoms with Crippen molar-refractivity contribution >= 4 is 28.5 Å². The molecule has 2 aliphatic carbocycles. The summed E-state index contributed by atoms with van der Waals surface area (Å²) in [6.45, 7) is 0.846. The van der Waals surface area contributed by atoms with Gasteiger partial charge in [0.25, 0.3) is 5.91 Å². The van der Waals surface area contributed by atoms with Gasteiger partial charge in [0.15, 0.2) is 11.5 Å². The van der Waals surface area contributed by atoms with Gasteiger partial charge in [0.2, 0.25) is 0 Å². The fourth-order valence-electron chi connectivity index (χ4n) is 6.78. The molecule has 1 saturated carbocycles. The van der Waals surface area contributed by atoms with E-state index in [0.29, 0.717) is 24.2 Å². The van der Waals surface area contributed by atoms with E-state index >= 15 is 0 Å². The first-order valence-electron chi connectivity index (χ1n) is 10.9. The molecule has 1 spiro atoms. The predicted molar refractivity (Wildman–Crippen MR) is 124 cm³/mol. The number of likely N-dealkylation sites (tertiary alicyclic amines) is 1. The monoisotopic (exact) mass is 532 g/mol. The maximum absolute atomic E-state index is 13.1. The van der Waals surface area contributed by atoms with Crippen LogP contribution < -0.4 is 10.1 Å². The number of halogens is 1. The van der Waals surface area contributed by atoms with Gasteiger partial charge in [-0.3, -0.25) is 4.79 Å². The van der Waals surface area contributed by atoms with Crippen molar-refractivity contribution in [3.05, 3.63) is 56.7 Å². The van der Waals surface area contributed by atoms with Crippen LogP contribution >= 0.6 is 22.6 Å². The average molecular weight is 532 g/mol. The summed E-state index contributed by atoms with van der Waals surface area (Å²) in [5.41, 5.74) is 1.17. The summed E-state index contributed by atoms with van der Waals surface area (Å²) >= 11 is 2.20. The van der Waals surface area contributed by atoms with E-state index in [-0.39, 0.29) is 23.7 Å². The van der Waals surface area contributed by atoms with Gasteiger partial charge in [0.05, 0.1) is 17.1 Å². The standard InChI is InChI=1S/C24H25IN2O4/c1-27-10-9-23-19-13-5-6-17(28)20(19)31-21(23)16(7-8-24(23,30)18(27)12-13)26-22(29)14-3-2-4-15(25)11-14/h2-6,11,16,18,21,28,30H,7-10,12H2,1H3,(H,26,29)/t16-,18-,21+,23+,24-/m1/s1. The van der Waals surface area contributed by atoms with E-state index in [2.05, 4.69) is 39.9 Å². The van der Waals surface area contributed by atoms with Gasteiger partial charge >= 0.3 is 0 Å². The Morgan fingerprint density at radius 2 is 2.13 bits per heavy atom. The Hall–Kier alpha value is -1.84. The highest BCUT2D eigenvalue weighted by molar-refractivity contribution is 14.1. The molecule has 162 valence electrons. The van der Waals surface area contributed by atoms with Gasteiger partial charge < -0.3 is 25.2 Å². The van der Waals surface area contributed by atoms with E-state index in [9.17, 15) is 15.0 Å². The fourth-order valence-corrected chi connectivity index (χ4v) is 7.33. The summed E-state index contributed by atoms with van der Waals surface area (Å²) in [6, 6.07) is 10.9. The van der Waals surface area contributed by atoms with Crippen molar-refractivity contribution in [2.75, 3.05) is 13.6 Å². The number of benzene rings is 2. The lowest BCUT2D eigenvalue weighted by molar-refractivity contribution is -0.186. The van der Waals surface area contributed by atoms with Gasteiger partial charge in [-0.05, 0) is 91.7 Å². The van der Waals surface area contributed by atoms with Crippen LogP contribution in [-0.2, 0) is 11.8 Å². The maximum Gasteiger partial charge on any atom is 0.251 e. The topological polar surface area (TPSA) is 82.0 Å². The second kappa shape index (κ2) is 6.59. The predicted octanol–water partition coefficient (Wildman–Crippen LogP) is 2.58. The van der Waals surface area contributed by atoms with Gasteiger partial charge in [-0.25, -0.2) is 0 Å². The molecule has 2 aliphatic heterocycles. The van der Waals surface area contributed by atoms with Crippen molar-refractivity contribution < 1.29 is 19.7 Å². The van der Waals surface area contributed by atoms with Crippen LogP contribution in [0.2, 0.25) is 0 Å². The minimum atomic E-state index is -0.944. The van der Waals surface area contributed by atoms with Crippen LogP contribution in [0.25, 0.3) is 0 Å². The zero-order valence-corrected chi connectivity index (χ0v) is 19.4. The quantitative estimate of drug-likeness (QED) is 0.519. The van der Waals surface area contributed by atoms with E-state index in [0.717, 1.165) is 34.1 Å². The highest BCUT2D eigenvalue weighted by Crippen LogP contribution is 2.65. The number of carbonyl (C=O) groups is 1. The molecule has 2 aromatic rings. The molecule has 0 aromatic heterocycles. The Kier molecular flexibility index (Phi) is 4.21. The van der Waals surface area contributed by atoms with E-state index in [1.54, 1.807) is 6.07 Å². The number of aromatic hydroxyl groups is 1. The number of piperidine rings is 1. The van der Waals surface area contributed by atoms with Gasteiger partial charge in [0.1, 0.15) is 6.10 Å². The van der Waals surface area contributed by atoms with Gasteiger partial charge in [-0.2, -0.15) is 0 Å². The van der Waals surface area contributed by atoms with Crippen molar-refractivity contribution in [3.63, 3.8) is 0 Å². The number of amides is 1. The highest BCUT2D eigenvalue weighted by atomic mass is 127.